The van der Waals surface area contributed by atoms with Crippen LogP contribution in [0.2, 0.25) is 0 Å². The van der Waals surface area contributed by atoms with E-state index in [0.29, 0.717) is 43.1 Å². The highest BCUT2D eigenvalue weighted by Gasteiger charge is 2.35. The van der Waals surface area contributed by atoms with Gasteiger partial charge in [0.1, 0.15) is 11.4 Å². The van der Waals surface area contributed by atoms with Gasteiger partial charge in [0.2, 0.25) is 17.7 Å². The van der Waals surface area contributed by atoms with Gasteiger partial charge in [0.05, 0.1) is 37.4 Å². The third kappa shape index (κ3) is 7.21. The summed E-state index contributed by atoms with van der Waals surface area (Å²) in [5.41, 5.74) is 1.51. The molecule has 206 valence electrons. The Balaban J connectivity index is 1.68. The van der Waals surface area contributed by atoms with Gasteiger partial charge < -0.3 is 25.4 Å². The van der Waals surface area contributed by atoms with Gasteiger partial charge in [-0.1, -0.05) is 12.6 Å². The predicted octanol–water partition coefficient (Wildman–Crippen LogP) is 4.65. The molecule has 0 spiro atoms. The van der Waals surface area contributed by atoms with Gasteiger partial charge in [0.15, 0.2) is 0 Å². The molecule has 1 fully saturated rings. The van der Waals surface area contributed by atoms with Gasteiger partial charge in [-0.2, -0.15) is 18.2 Å². The third-order valence-corrected chi connectivity index (χ3v) is 5.92. The maximum atomic E-state index is 13.9. The first-order chi connectivity index (χ1) is 18.7. The van der Waals surface area contributed by atoms with Gasteiger partial charge in [-0.15, -0.1) is 0 Å². The van der Waals surface area contributed by atoms with Crippen LogP contribution in [0.3, 0.4) is 0 Å². The second-order valence-electron chi connectivity index (χ2n) is 8.71. The lowest BCUT2D eigenvalue weighted by Gasteiger charge is -2.27. The van der Waals surface area contributed by atoms with Crippen molar-refractivity contribution in [3.63, 3.8) is 0 Å². The summed E-state index contributed by atoms with van der Waals surface area (Å²) in [5, 5.41) is 8.32. The molecule has 3 N–H and O–H groups in total. The number of methoxy groups -OCH3 is 1. The number of halogens is 3. The molecule has 3 heterocycles. The summed E-state index contributed by atoms with van der Waals surface area (Å²) in [6.07, 6.45) is -1.41. The van der Waals surface area contributed by atoms with Crippen LogP contribution in [0.4, 0.5) is 42.0 Å². The molecule has 10 nitrogen and oxygen atoms in total. The molecule has 39 heavy (non-hydrogen) atoms. The summed E-state index contributed by atoms with van der Waals surface area (Å²) in [6.45, 7) is 8.56. The number of nitrogens with zero attached hydrogens (tertiary/aromatic N) is 4. The molecule has 3 aromatic rings. The van der Waals surface area contributed by atoms with Crippen molar-refractivity contribution < 1.29 is 27.4 Å². The van der Waals surface area contributed by atoms with Crippen molar-refractivity contribution in [1.82, 2.24) is 19.9 Å². The number of pyridine rings is 1. The molecule has 4 rings (SSSR count). The number of aryl methyl sites for hydroxylation is 1. The molecular weight excluding hydrogens is 515 g/mol. The van der Waals surface area contributed by atoms with Crippen molar-refractivity contribution in [1.29, 1.82) is 0 Å². The second kappa shape index (κ2) is 12.1. The minimum atomic E-state index is -4.74. The van der Waals surface area contributed by atoms with Gasteiger partial charge in [-0.05, 0) is 36.3 Å². The maximum Gasteiger partial charge on any atom is 0.421 e. The van der Waals surface area contributed by atoms with E-state index in [1.54, 1.807) is 37.4 Å². The van der Waals surface area contributed by atoms with Gasteiger partial charge in [-0.25, -0.2) is 9.97 Å². The first kappa shape index (κ1) is 27.8. The van der Waals surface area contributed by atoms with Crippen LogP contribution in [0.5, 0.6) is 5.88 Å². The number of morpholine rings is 1. The van der Waals surface area contributed by atoms with E-state index in [9.17, 15) is 18.0 Å². The molecule has 1 saturated heterocycles. The number of hydrogen-bond donors (Lipinski definition) is 3. The number of hydrogen-bond acceptors (Lipinski definition) is 9. The Morgan fingerprint density at radius 2 is 1.90 bits per heavy atom. The Hall–Kier alpha value is -4.23. The van der Waals surface area contributed by atoms with Crippen molar-refractivity contribution in [2.75, 3.05) is 49.4 Å². The van der Waals surface area contributed by atoms with Crippen molar-refractivity contribution in [2.24, 2.45) is 0 Å². The number of rotatable bonds is 9. The van der Waals surface area contributed by atoms with E-state index >= 15 is 0 Å². The fraction of sp³-hybridized carbons (Fsp3) is 0.308. The van der Waals surface area contributed by atoms with Crippen LogP contribution >= 0.6 is 0 Å². The summed E-state index contributed by atoms with van der Waals surface area (Å²) in [4.78, 5) is 26.4. The first-order valence-electron chi connectivity index (χ1n) is 12.0. The highest BCUT2D eigenvalue weighted by molar-refractivity contribution is 6.01. The lowest BCUT2D eigenvalue weighted by atomic mass is 10.1. The average molecular weight is 544 g/mol. The third-order valence-electron chi connectivity index (χ3n) is 5.92. The standard InChI is InChI=1S/C26H28F3N7O3/c1-4-22(37)32-21-11-17(15-36-7-9-39-10-8-36)5-6-19(21)33-24-18(26(27,28)29)14-31-25(35-24)34-20-12-23(38-3)30-13-16(20)2/h4-6,11-14H,1,7-10,15H2,2-3H3,(H,32,37)(H2,30,31,33,34,35). The SMILES string of the molecule is C=CC(=O)Nc1cc(CN2CCOCC2)ccc1Nc1nc(Nc2cc(OC)ncc2C)ncc1C(F)(F)F. The van der Waals surface area contributed by atoms with E-state index in [0.717, 1.165) is 24.7 Å². The quantitative estimate of drug-likeness (QED) is 0.332. The number of amides is 1. The summed E-state index contributed by atoms with van der Waals surface area (Å²) >= 11 is 0. The van der Waals surface area contributed by atoms with Gasteiger partial charge in [0.25, 0.3) is 0 Å². The molecule has 1 aromatic carbocycles. The van der Waals surface area contributed by atoms with Gasteiger partial charge >= 0.3 is 6.18 Å². The summed E-state index contributed by atoms with van der Waals surface area (Å²) < 4.78 is 52.2. The largest absolute Gasteiger partial charge is 0.481 e. The number of nitrogens with one attached hydrogen (secondary N) is 3. The van der Waals surface area contributed by atoms with Crippen LogP contribution in [0.1, 0.15) is 16.7 Å². The van der Waals surface area contributed by atoms with Crippen molar-refractivity contribution >= 4 is 34.7 Å². The number of ether oxygens (including phenoxy) is 2. The summed E-state index contributed by atoms with van der Waals surface area (Å²) in [6, 6.07) is 6.67. The van der Waals surface area contributed by atoms with E-state index < -0.39 is 23.5 Å². The molecule has 2 aromatic heterocycles. The van der Waals surface area contributed by atoms with E-state index in [1.165, 1.54) is 7.11 Å². The lowest BCUT2D eigenvalue weighted by Crippen LogP contribution is -2.35. The summed E-state index contributed by atoms with van der Waals surface area (Å²) in [7, 11) is 1.45. The average Bonchev–Trinajstić information content (AvgIpc) is 2.91. The molecule has 1 amide bonds. The zero-order valence-electron chi connectivity index (χ0n) is 21.4. The van der Waals surface area contributed by atoms with E-state index in [1.807, 2.05) is 0 Å². The topological polar surface area (TPSA) is 114 Å². The number of alkyl halides is 3. The van der Waals surface area contributed by atoms with E-state index in [2.05, 4.69) is 42.4 Å². The van der Waals surface area contributed by atoms with Crippen molar-refractivity contribution in [3.8, 4) is 5.88 Å². The number of anilines is 5. The molecule has 0 aliphatic carbocycles. The van der Waals surface area contributed by atoms with Gasteiger partial charge in [-0.3, -0.25) is 9.69 Å². The fourth-order valence-corrected chi connectivity index (χ4v) is 3.85. The molecule has 0 saturated carbocycles. The Bertz CT molecular complexity index is 1340. The van der Waals surface area contributed by atoms with Crippen molar-refractivity contribution in [3.05, 3.63) is 66.0 Å². The molecule has 1 aliphatic rings. The molecule has 0 bridgehead atoms. The van der Waals surface area contributed by atoms with Crippen LogP contribution in [-0.4, -0.2) is 59.2 Å². The molecule has 0 atom stereocenters. The molecular formula is C26H28F3N7O3. The Labute approximate surface area is 223 Å². The van der Waals surface area contributed by atoms with Crippen LogP contribution in [0, 0.1) is 6.92 Å². The summed E-state index contributed by atoms with van der Waals surface area (Å²) in [5.74, 6) is -0.769. The van der Waals surface area contributed by atoms with E-state index in [-0.39, 0.29) is 17.3 Å². The Kier molecular flexibility index (Phi) is 8.62. The Morgan fingerprint density at radius 3 is 2.59 bits per heavy atom. The minimum Gasteiger partial charge on any atom is -0.481 e. The second-order valence-corrected chi connectivity index (χ2v) is 8.71. The lowest BCUT2D eigenvalue weighted by molar-refractivity contribution is -0.137. The smallest absolute Gasteiger partial charge is 0.421 e. The van der Waals surface area contributed by atoms with Crippen LogP contribution < -0.4 is 20.7 Å². The zero-order chi connectivity index (χ0) is 28.0. The predicted molar refractivity (Wildman–Crippen MR) is 140 cm³/mol. The molecule has 13 heteroatoms. The first-order valence-corrected chi connectivity index (χ1v) is 12.0. The highest BCUT2D eigenvalue weighted by atomic mass is 19.4. The number of aromatic nitrogens is 3. The highest BCUT2D eigenvalue weighted by Crippen LogP contribution is 2.37. The van der Waals surface area contributed by atoms with Crippen molar-refractivity contribution in [2.45, 2.75) is 19.6 Å². The normalized spacial score (nSPS) is 14.0. The monoisotopic (exact) mass is 543 g/mol. The minimum absolute atomic E-state index is 0.0810. The molecule has 0 unspecified atom stereocenters. The molecule has 0 radical (unpaired) electrons. The Morgan fingerprint density at radius 1 is 1.13 bits per heavy atom. The molecule has 1 aliphatic heterocycles. The van der Waals surface area contributed by atoms with Crippen LogP contribution in [-0.2, 0) is 22.3 Å². The van der Waals surface area contributed by atoms with Crippen LogP contribution in [0.15, 0.2) is 49.3 Å². The van der Waals surface area contributed by atoms with E-state index in [4.69, 9.17) is 9.47 Å². The number of carbonyl (C=O) groups excluding carboxylic acids is 1. The maximum absolute atomic E-state index is 13.9. The number of benzene rings is 1. The fourth-order valence-electron chi connectivity index (χ4n) is 3.85. The number of carbonyl (C=O) groups is 1. The van der Waals surface area contributed by atoms with Crippen LogP contribution in [0.25, 0.3) is 0 Å². The van der Waals surface area contributed by atoms with Gasteiger partial charge in [0, 0.05) is 38.1 Å². The zero-order valence-corrected chi connectivity index (χ0v) is 21.4.